The summed E-state index contributed by atoms with van der Waals surface area (Å²) >= 11 is 2.75. The largest absolute Gasteiger partial charge is 0.497 e. The number of rotatable bonds is 6. The zero-order chi connectivity index (χ0) is 19.7. The Morgan fingerprint density at radius 3 is 2.64 bits per heavy atom. The van der Waals surface area contributed by atoms with Crippen LogP contribution in [0.4, 0.5) is 0 Å². The highest BCUT2D eigenvalue weighted by Crippen LogP contribution is 2.32. The van der Waals surface area contributed by atoms with Crippen LogP contribution in [-0.4, -0.2) is 36.5 Å². The van der Waals surface area contributed by atoms with Crippen molar-refractivity contribution in [1.82, 2.24) is 29.4 Å². The zero-order valence-corrected chi connectivity index (χ0v) is 17.3. The molecule has 1 aromatic carbocycles. The highest BCUT2D eigenvalue weighted by atomic mass is 32.2. The second-order valence-electron chi connectivity index (χ2n) is 5.88. The van der Waals surface area contributed by atoms with Crippen molar-refractivity contribution in [2.45, 2.75) is 36.3 Å². The van der Waals surface area contributed by atoms with Gasteiger partial charge in [-0.25, -0.2) is 4.98 Å². The van der Waals surface area contributed by atoms with Crippen LogP contribution in [0.25, 0.3) is 16.3 Å². The number of hydrogen-bond donors (Lipinski definition) is 0. The Kier molecular flexibility index (Phi) is 5.14. The van der Waals surface area contributed by atoms with Gasteiger partial charge in [-0.2, -0.15) is 4.52 Å². The topological polar surface area (TPSA) is 87.2 Å². The van der Waals surface area contributed by atoms with Crippen LogP contribution in [-0.2, 0) is 13.0 Å². The molecule has 0 aliphatic rings. The molecule has 0 bridgehead atoms. The third-order valence-corrected chi connectivity index (χ3v) is 6.15. The Bertz CT molecular complexity index is 1180. The normalized spacial score (nSPS) is 11.2. The number of benzene rings is 1. The monoisotopic (exact) mass is 414 g/mol. The lowest BCUT2D eigenvalue weighted by Crippen LogP contribution is -2.15. The SMILES string of the molecule is CCc1cc(=O)n2nc(Sc3nnc(-c4ccc(OC)cc4)n3CC)sc2n1. The third kappa shape index (κ3) is 3.40. The first-order valence-corrected chi connectivity index (χ1v) is 10.4. The molecule has 0 amide bonds. The average molecular weight is 415 g/mol. The summed E-state index contributed by atoms with van der Waals surface area (Å²) in [6.07, 6.45) is 0.710. The number of aryl methyl sites for hydroxylation is 1. The molecule has 10 heteroatoms. The van der Waals surface area contributed by atoms with Gasteiger partial charge in [-0.1, -0.05) is 18.3 Å². The summed E-state index contributed by atoms with van der Waals surface area (Å²) in [7, 11) is 1.64. The quantitative estimate of drug-likeness (QED) is 0.479. The van der Waals surface area contributed by atoms with Gasteiger partial charge in [-0.15, -0.1) is 15.3 Å². The molecule has 3 aromatic heterocycles. The van der Waals surface area contributed by atoms with Gasteiger partial charge in [-0.05, 0) is 49.4 Å². The predicted octanol–water partition coefficient (Wildman–Crippen LogP) is 3.15. The summed E-state index contributed by atoms with van der Waals surface area (Å²) in [5.74, 6) is 1.57. The van der Waals surface area contributed by atoms with Gasteiger partial charge in [0.25, 0.3) is 5.56 Å². The third-order valence-electron chi connectivity index (χ3n) is 4.20. The van der Waals surface area contributed by atoms with Crippen LogP contribution in [0.2, 0.25) is 0 Å². The molecule has 0 saturated heterocycles. The van der Waals surface area contributed by atoms with Crippen molar-refractivity contribution in [3.63, 3.8) is 0 Å². The smallest absolute Gasteiger partial charge is 0.275 e. The van der Waals surface area contributed by atoms with E-state index in [1.54, 1.807) is 7.11 Å². The molecule has 28 heavy (non-hydrogen) atoms. The summed E-state index contributed by atoms with van der Waals surface area (Å²) < 4.78 is 9.27. The molecule has 0 atom stereocenters. The number of fused-ring (bicyclic) bond motifs is 1. The maximum Gasteiger partial charge on any atom is 0.275 e. The average Bonchev–Trinajstić information content (AvgIpc) is 3.31. The fraction of sp³-hybridized carbons (Fsp3) is 0.278. The van der Waals surface area contributed by atoms with Gasteiger partial charge in [0.05, 0.1) is 7.11 Å². The Hall–Kier alpha value is -2.72. The Morgan fingerprint density at radius 1 is 1.18 bits per heavy atom. The van der Waals surface area contributed by atoms with E-state index in [2.05, 4.69) is 20.3 Å². The van der Waals surface area contributed by atoms with Crippen LogP contribution >= 0.6 is 23.1 Å². The van der Waals surface area contributed by atoms with E-state index in [0.717, 1.165) is 28.0 Å². The van der Waals surface area contributed by atoms with Gasteiger partial charge in [0, 0.05) is 23.9 Å². The minimum Gasteiger partial charge on any atom is -0.497 e. The first-order chi connectivity index (χ1) is 13.6. The van der Waals surface area contributed by atoms with E-state index in [-0.39, 0.29) is 5.56 Å². The number of hydrogen-bond acceptors (Lipinski definition) is 8. The molecule has 0 saturated carbocycles. The minimum absolute atomic E-state index is 0.166. The van der Waals surface area contributed by atoms with Crippen molar-refractivity contribution in [1.29, 1.82) is 0 Å². The number of aromatic nitrogens is 6. The molecule has 144 valence electrons. The second kappa shape index (κ2) is 7.72. The fourth-order valence-electron chi connectivity index (χ4n) is 2.74. The molecule has 0 radical (unpaired) electrons. The molecular formula is C18H18N6O2S2. The van der Waals surface area contributed by atoms with E-state index in [9.17, 15) is 4.79 Å². The minimum atomic E-state index is -0.166. The second-order valence-corrected chi connectivity index (χ2v) is 8.05. The predicted molar refractivity (Wildman–Crippen MR) is 108 cm³/mol. The molecule has 4 rings (SSSR count). The molecule has 3 heterocycles. The number of methoxy groups -OCH3 is 1. The van der Waals surface area contributed by atoms with Crippen molar-refractivity contribution in [2.24, 2.45) is 0 Å². The lowest BCUT2D eigenvalue weighted by Gasteiger charge is -2.07. The molecule has 0 spiro atoms. The standard InChI is InChI=1S/C18H18N6O2S2/c1-4-12-10-14(25)24-16(19-12)27-18(22-24)28-17-21-20-15(23(17)5-2)11-6-8-13(26-3)9-7-11/h6-10H,4-5H2,1-3H3. The summed E-state index contributed by atoms with van der Waals surface area (Å²) in [6.45, 7) is 4.72. The molecule has 0 aliphatic heterocycles. The van der Waals surface area contributed by atoms with E-state index < -0.39 is 0 Å². The maximum absolute atomic E-state index is 12.2. The first-order valence-electron chi connectivity index (χ1n) is 8.78. The first kappa shape index (κ1) is 18.6. The lowest BCUT2D eigenvalue weighted by molar-refractivity contribution is 0.415. The number of ether oxygens (including phenoxy) is 1. The Balaban J connectivity index is 1.68. The summed E-state index contributed by atoms with van der Waals surface area (Å²) in [4.78, 5) is 17.3. The molecular weight excluding hydrogens is 396 g/mol. The Morgan fingerprint density at radius 2 is 1.96 bits per heavy atom. The van der Waals surface area contributed by atoms with Crippen LogP contribution in [0.1, 0.15) is 19.5 Å². The van der Waals surface area contributed by atoms with Crippen molar-refractivity contribution >= 4 is 28.1 Å². The van der Waals surface area contributed by atoms with Crippen LogP contribution < -0.4 is 10.3 Å². The van der Waals surface area contributed by atoms with Gasteiger partial charge in [0.1, 0.15) is 5.75 Å². The Labute approximate surface area is 169 Å². The van der Waals surface area contributed by atoms with Crippen LogP contribution in [0.15, 0.2) is 44.6 Å². The molecule has 0 N–H and O–H groups in total. The van der Waals surface area contributed by atoms with Gasteiger partial charge in [0.15, 0.2) is 15.3 Å². The van der Waals surface area contributed by atoms with Crippen molar-refractivity contribution in [3.05, 3.63) is 46.4 Å². The molecule has 8 nitrogen and oxygen atoms in total. The summed E-state index contributed by atoms with van der Waals surface area (Å²) in [5.41, 5.74) is 1.56. The van der Waals surface area contributed by atoms with E-state index >= 15 is 0 Å². The van der Waals surface area contributed by atoms with Crippen LogP contribution in [0, 0.1) is 0 Å². The zero-order valence-electron chi connectivity index (χ0n) is 15.6. The van der Waals surface area contributed by atoms with Crippen molar-refractivity contribution < 1.29 is 4.74 Å². The van der Waals surface area contributed by atoms with E-state index in [0.29, 0.717) is 22.3 Å². The van der Waals surface area contributed by atoms with Crippen LogP contribution in [0.3, 0.4) is 0 Å². The fourth-order valence-corrected chi connectivity index (χ4v) is 4.70. The summed E-state index contributed by atoms with van der Waals surface area (Å²) in [6, 6.07) is 9.23. The van der Waals surface area contributed by atoms with E-state index in [4.69, 9.17) is 4.74 Å². The van der Waals surface area contributed by atoms with Gasteiger partial charge >= 0.3 is 0 Å². The van der Waals surface area contributed by atoms with Crippen molar-refractivity contribution in [3.8, 4) is 17.1 Å². The van der Waals surface area contributed by atoms with Gasteiger partial charge in [0.2, 0.25) is 4.96 Å². The maximum atomic E-state index is 12.2. The van der Waals surface area contributed by atoms with Gasteiger partial charge in [-0.3, -0.25) is 4.79 Å². The highest BCUT2D eigenvalue weighted by Gasteiger charge is 2.17. The molecule has 0 fully saturated rings. The van der Waals surface area contributed by atoms with E-state index in [1.165, 1.54) is 33.7 Å². The van der Waals surface area contributed by atoms with Crippen molar-refractivity contribution in [2.75, 3.05) is 7.11 Å². The molecule has 0 unspecified atom stereocenters. The molecule has 4 aromatic rings. The summed E-state index contributed by atoms with van der Waals surface area (Å²) in [5, 5.41) is 13.8. The van der Waals surface area contributed by atoms with E-state index in [1.807, 2.05) is 42.7 Å². The van der Waals surface area contributed by atoms with Gasteiger partial charge < -0.3 is 9.30 Å². The molecule has 0 aliphatic carbocycles. The lowest BCUT2D eigenvalue weighted by atomic mass is 10.2. The highest BCUT2D eigenvalue weighted by molar-refractivity contribution is 8.01. The van der Waals surface area contributed by atoms with Crippen LogP contribution in [0.5, 0.6) is 5.75 Å². The number of nitrogens with zero attached hydrogens (tertiary/aromatic N) is 6.